The van der Waals surface area contributed by atoms with Crippen molar-refractivity contribution in [2.75, 3.05) is 0 Å². The van der Waals surface area contributed by atoms with E-state index < -0.39 is 15.5 Å². The summed E-state index contributed by atoms with van der Waals surface area (Å²) in [4.78, 5) is 0. The van der Waals surface area contributed by atoms with Crippen LogP contribution in [0.5, 0.6) is 0 Å². The lowest BCUT2D eigenvalue weighted by Crippen LogP contribution is -2.28. The molecule has 1 aromatic rings. The van der Waals surface area contributed by atoms with Crippen molar-refractivity contribution in [3.63, 3.8) is 0 Å². The van der Waals surface area contributed by atoms with E-state index in [0.717, 1.165) is 6.54 Å². The molecule has 0 atom stereocenters. The van der Waals surface area contributed by atoms with Crippen LogP contribution in [0.15, 0.2) is 18.7 Å². The monoisotopic (exact) mass is 284 g/mol. The number of alkyl halides is 3. The van der Waals surface area contributed by atoms with Crippen molar-refractivity contribution in [3.05, 3.63) is 23.4 Å². The van der Waals surface area contributed by atoms with Crippen molar-refractivity contribution in [1.29, 1.82) is 5.26 Å². The van der Waals surface area contributed by atoms with Crippen LogP contribution in [-0.4, -0.2) is 18.5 Å². The van der Waals surface area contributed by atoms with Crippen molar-refractivity contribution >= 4 is 10.0 Å². The van der Waals surface area contributed by atoms with Gasteiger partial charge in [-0.2, -0.15) is 13.2 Å². The molecule has 0 aliphatic rings. The summed E-state index contributed by atoms with van der Waals surface area (Å²) in [5.41, 5.74) is -5.47. The number of rotatable bonds is 2. The molecule has 0 unspecified atom stereocenters. The SMILES string of the molecule is CC[n+]1ccn(C)c1.N#C[N-]S(=O)(=O)C(F)(F)F. The third kappa shape index (κ3) is 5.05. The number of hydrogen-bond acceptors (Lipinski definition) is 3. The molecule has 0 aromatic carbocycles. The molecule has 0 saturated heterocycles. The van der Waals surface area contributed by atoms with Gasteiger partial charge in [-0.25, -0.2) is 17.6 Å². The maximum atomic E-state index is 11.2. The third-order valence-electron chi connectivity index (χ3n) is 1.64. The highest BCUT2D eigenvalue weighted by Gasteiger charge is 2.42. The van der Waals surface area contributed by atoms with E-state index in [-0.39, 0.29) is 0 Å². The van der Waals surface area contributed by atoms with E-state index in [1.54, 1.807) is 4.72 Å². The summed E-state index contributed by atoms with van der Waals surface area (Å²) in [7, 11) is -3.56. The van der Waals surface area contributed by atoms with Crippen molar-refractivity contribution in [3.8, 4) is 6.19 Å². The van der Waals surface area contributed by atoms with Gasteiger partial charge in [0.15, 0.2) is 0 Å². The quantitative estimate of drug-likeness (QED) is 0.600. The Kier molecular flexibility index (Phi) is 5.64. The lowest BCUT2D eigenvalue weighted by Gasteiger charge is -2.07. The predicted molar refractivity (Wildman–Crippen MR) is 55.2 cm³/mol. The average molecular weight is 284 g/mol. The lowest BCUT2D eigenvalue weighted by atomic mass is 10.7. The van der Waals surface area contributed by atoms with Gasteiger partial charge in [-0.05, 0) is 6.92 Å². The molecule has 1 rings (SSSR count). The van der Waals surface area contributed by atoms with E-state index in [0.29, 0.717) is 6.19 Å². The number of sulfonamides is 1. The molecule has 0 radical (unpaired) electrons. The summed E-state index contributed by atoms with van der Waals surface area (Å²) in [6.45, 7) is 3.18. The molecule has 0 aliphatic heterocycles. The van der Waals surface area contributed by atoms with Crippen LogP contribution in [-0.2, 0) is 23.6 Å². The fourth-order valence-corrected chi connectivity index (χ4v) is 1.01. The number of nitriles is 1. The normalized spacial score (nSPS) is 11.1. The zero-order chi connectivity index (χ0) is 14.4. The number of aromatic nitrogens is 2. The average Bonchev–Trinajstić information content (AvgIpc) is 2.63. The van der Waals surface area contributed by atoms with Crippen LogP contribution in [0.4, 0.5) is 13.2 Å². The van der Waals surface area contributed by atoms with Gasteiger partial charge in [-0.3, -0.25) is 0 Å². The number of halogens is 3. The molecule has 0 spiro atoms. The van der Waals surface area contributed by atoms with Crippen LogP contribution in [0, 0.1) is 11.5 Å². The first-order valence-electron chi connectivity index (χ1n) is 4.57. The molecule has 0 amide bonds. The van der Waals surface area contributed by atoms with E-state index in [2.05, 4.69) is 24.0 Å². The van der Waals surface area contributed by atoms with Crippen molar-refractivity contribution in [2.24, 2.45) is 7.05 Å². The molecular weight excluding hydrogens is 273 g/mol. The fraction of sp³-hybridized carbons (Fsp3) is 0.500. The van der Waals surface area contributed by atoms with Crippen molar-refractivity contribution in [2.45, 2.75) is 19.0 Å². The summed E-state index contributed by atoms with van der Waals surface area (Å²) < 4.78 is 58.9. The maximum Gasteiger partial charge on any atom is 0.500 e. The van der Waals surface area contributed by atoms with E-state index in [9.17, 15) is 21.6 Å². The van der Waals surface area contributed by atoms with Gasteiger partial charge < -0.3 is 9.98 Å². The summed E-state index contributed by atoms with van der Waals surface area (Å²) in [6, 6.07) is 0. The van der Waals surface area contributed by atoms with Gasteiger partial charge in [-0.15, -0.1) is 0 Å². The standard InChI is InChI=1S/C6H11N2.C2F3N2O2S/c1-3-8-5-4-7(2)6-8;3-2(4,5)10(8,9)7-1-6/h4-6H,3H2,1-2H3;/q+1;-1. The maximum absolute atomic E-state index is 11.2. The second kappa shape index (κ2) is 6.25. The van der Waals surface area contributed by atoms with Crippen LogP contribution < -0.4 is 4.57 Å². The van der Waals surface area contributed by atoms with Gasteiger partial charge in [-0.1, -0.05) is 6.19 Å². The topological polar surface area (TPSA) is 80.8 Å². The number of aryl methyl sites for hydroxylation is 2. The van der Waals surface area contributed by atoms with Gasteiger partial charge in [0.1, 0.15) is 12.4 Å². The van der Waals surface area contributed by atoms with Gasteiger partial charge in [0.25, 0.3) is 10.0 Å². The van der Waals surface area contributed by atoms with Crippen molar-refractivity contribution in [1.82, 2.24) is 4.57 Å². The highest BCUT2D eigenvalue weighted by Crippen LogP contribution is 2.26. The Balaban J connectivity index is 0.000000327. The second-order valence-electron chi connectivity index (χ2n) is 3.02. The van der Waals surface area contributed by atoms with Crippen LogP contribution in [0.2, 0.25) is 0 Å². The molecule has 1 aromatic heterocycles. The molecule has 0 bridgehead atoms. The van der Waals surface area contributed by atoms with Crippen LogP contribution in [0.3, 0.4) is 0 Å². The molecule has 1 heterocycles. The minimum atomic E-state index is -5.58. The predicted octanol–water partition coefficient (Wildman–Crippen LogP) is 1.02. The van der Waals surface area contributed by atoms with E-state index in [1.807, 2.05) is 17.8 Å². The molecule has 0 aliphatic carbocycles. The fourth-order valence-electron chi connectivity index (χ4n) is 0.794. The van der Waals surface area contributed by atoms with Crippen LogP contribution >= 0.6 is 0 Å². The largest absolute Gasteiger partial charge is 0.500 e. The van der Waals surface area contributed by atoms with Gasteiger partial charge in [0.05, 0.1) is 13.6 Å². The molecule has 18 heavy (non-hydrogen) atoms. The molecule has 0 saturated carbocycles. The van der Waals surface area contributed by atoms with E-state index in [4.69, 9.17) is 5.26 Å². The van der Waals surface area contributed by atoms with Crippen LogP contribution in [0.1, 0.15) is 6.92 Å². The minimum absolute atomic E-state index is 0.532. The zero-order valence-electron chi connectivity index (χ0n) is 9.59. The number of hydrogen-bond donors (Lipinski definition) is 0. The smallest absolute Gasteiger partial charge is 0.493 e. The highest BCUT2D eigenvalue weighted by molar-refractivity contribution is 7.95. The summed E-state index contributed by atoms with van der Waals surface area (Å²) >= 11 is 0. The highest BCUT2D eigenvalue weighted by atomic mass is 32.2. The second-order valence-corrected chi connectivity index (χ2v) is 4.62. The Labute approximate surface area is 102 Å². The Morgan fingerprint density at radius 1 is 1.50 bits per heavy atom. The van der Waals surface area contributed by atoms with Crippen LogP contribution in [0.25, 0.3) is 4.72 Å². The molecule has 6 nitrogen and oxygen atoms in total. The Morgan fingerprint density at radius 3 is 2.22 bits per heavy atom. The molecule has 10 heteroatoms. The third-order valence-corrected chi connectivity index (χ3v) is 2.55. The first-order chi connectivity index (χ1) is 8.14. The first kappa shape index (κ1) is 16.2. The van der Waals surface area contributed by atoms with E-state index >= 15 is 0 Å². The molecular formula is C8H11F3N4O2S. The van der Waals surface area contributed by atoms with Gasteiger partial charge in [0, 0.05) is 0 Å². The van der Waals surface area contributed by atoms with E-state index in [1.165, 1.54) is 0 Å². The Bertz CT molecular complexity index is 515. The Morgan fingerprint density at radius 2 is 2.06 bits per heavy atom. The summed E-state index contributed by atoms with van der Waals surface area (Å²) in [5.74, 6) is 0. The summed E-state index contributed by atoms with van der Waals surface area (Å²) in [6.07, 6.45) is 6.67. The zero-order valence-corrected chi connectivity index (χ0v) is 10.4. The molecule has 0 fully saturated rings. The lowest BCUT2D eigenvalue weighted by molar-refractivity contribution is -0.693. The van der Waals surface area contributed by atoms with Gasteiger partial charge >= 0.3 is 5.51 Å². The van der Waals surface area contributed by atoms with Crippen molar-refractivity contribution < 1.29 is 26.2 Å². The first-order valence-corrected chi connectivity index (χ1v) is 6.01. The number of nitrogens with zero attached hydrogens (tertiary/aromatic N) is 4. The van der Waals surface area contributed by atoms with Gasteiger partial charge in [0.2, 0.25) is 6.33 Å². The molecule has 0 N–H and O–H groups in total. The Hall–Kier alpha value is -1.76. The molecule has 102 valence electrons. The summed E-state index contributed by atoms with van der Waals surface area (Å²) in [5, 5.41) is 7.47. The minimum Gasteiger partial charge on any atom is -0.493 e. The number of imidazole rings is 1.